The highest BCUT2D eigenvalue weighted by Gasteiger charge is 2.61. The number of carbonyl (C=O) groups is 1. The molecule has 1 atom stereocenters. The lowest BCUT2D eigenvalue weighted by molar-refractivity contribution is 0.0168. The standard InChI is InChI=1S/C12H24B10O2/c13-8(6-4-2-1-3-5(6)7(23)24-8)9(14,15)10(16,17)11(18,19)12(20,21)22/h1-4H,13-22H2. The monoisotopic (exact) mass is 310 g/mol. The second-order valence-corrected chi connectivity index (χ2v) is 10.1. The molecule has 0 saturated carbocycles. The molecule has 2 rings (SSSR count). The molecular formula is C12H24B10O2. The Morgan fingerprint density at radius 3 is 1.83 bits per heavy atom. The maximum Gasteiger partial charge on any atom is 0.338 e. The fourth-order valence-corrected chi connectivity index (χ4v) is 4.15. The van der Waals surface area contributed by atoms with Crippen molar-refractivity contribution >= 4 is 84.4 Å². The summed E-state index contributed by atoms with van der Waals surface area (Å²) < 4.78 is 6.04. The predicted octanol–water partition coefficient (Wildman–Crippen LogP) is -7.24. The molecule has 0 aliphatic carbocycles. The summed E-state index contributed by atoms with van der Waals surface area (Å²) in [5, 5.41) is -0.216. The van der Waals surface area contributed by atoms with Gasteiger partial charge in [-0.1, -0.05) is 28.6 Å². The van der Waals surface area contributed by atoms with Crippen LogP contribution in [0.1, 0.15) is 15.9 Å². The van der Waals surface area contributed by atoms with Crippen LogP contribution in [0.5, 0.6) is 0 Å². The number of benzene rings is 1. The van der Waals surface area contributed by atoms with Gasteiger partial charge in [0.25, 0.3) is 0 Å². The maximum atomic E-state index is 12.5. The van der Waals surface area contributed by atoms with Crippen LogP contribution >= 0.6 is 0 Å². The molecule has 0 amide bonds. The molecule has 1 heterocycles. The van der Waals surface area contributed by atoms with Gasteiger partial charge in [0.2, 0.25) is 0 Å². The van der Waals surface area contributed by atoms with Crippen LogP contribution in [0.4, 0.5) is 0 Å². The van der Waals surface area contributed by atoms with Crippen molar-refractivity contribution in [2.75, 3.05) is 0 Å². The number of fused-ring (bicyclic) bond motifs is 1. The van der Waals surface area contributed by atoms with Crippen molar-refractivity contribution in [1.29, 1.82) is 0 Å². The summed E-state index contributed by atoms with van der Waals surface area (Å²) >= 11 is 0. The third kappa shape index (κ3) is 2.35. The van der Waals surface area contributed by atoms with Gasteiger partial charge in [-0.3, -0.25) is 0 Å². The summed E-state index contributed by atoms with van der Waals surface area (Å²) in [7, 11) is 22.8. The van der Waals surface area contributed by atoms with Crippen LogP contribution in [0.2, 0.25) is 20.8 Å². The van der Waals surface area contributed by atoms with Crippen LogP contribution in [0.15, 0.2) is 24.3 Å². The number of hydrogen-bond donors (Lipinski definition) is 0. The molecule has 1 aromatic carbocycles. The second-order valence-electron chi connectivity index (χ2n) is 10.1. The van der Waals surface area contributed by atoms with Gasteiger partial charge >= 0.3 is 5.97 Å². The lowest BCUT2D eigenvalue weighted by Gasteiger charge is -2.64. The Hall–Kier alpha value is -0.661. The first kappa shape index (κ1) is 19.7. The average molecular weight is 308 g/mol. The second kappa shape index (κ2) is 5.42. The van der Waals surface area contributed by atoms with Gasteiger partial charge in [-0.25, -0.2) is 4.79 Å². The SMILES string of the molecule is BC(B)(B)C(B)(B)C(B)(B)C(B)(B)C1(B)OC(=O)c2ccccc21. The summed E-state index contributed by atoms with van der Waals surface area (Å²) in [5.74, 6) is -0.203. The van der Waals surface area contributed by atoms with Gasteiger partial charge < -0.3 is 4.74 Å². The van der Waals surface area contributed by atoms with Crippen LogP contribution in [-0.2, 0) is 10.2 Å². The Morgan fingerprint density at radius 1 is 0.833 bits per heavy atom. The quantitative estimate of drug-likeness (QED) is 0.408. The highest BCUT2D eigenvalue weighted by Crippen LogP contribution is 2.69. The maximum absolute atomic E-state index is 12.5. The number of carbonyl (C=O) groups excluding carboxylic acids is 1. The molecule has 2 nitrogen and oxygen atoms in total. The minimum absolute atomic E-state index is 0.0243. The smallest absolute Gasteiger partial charge is 0.338 e. The van der Waals surface area contributed by atoms with E-state index in [1.807, 2.05) is 24.3 Å². The van der Waals surface area contributed by atoms with E-state index in [1.165, 1.54) is 0 Å². The molecule has 0 spiro atoms. The summed E-state index contributed by atoms with van der Waals surface area (Å²) in [6, 6.07) is 7.82. The molecule has 1 unspecified atom stereocenters. The first-order chi connectivity index (χ1) is 10.6. The molecule has 12 heteroatoms. The van der Waals surface area contributed by atoms with Crippen LogP contribution in [0.3, 0.4) is 0 Å². The Bertz CT molecular complexity index is 681. The zero-order valence-electron chi connectivity index (χ0n) is 17.1. The molecule has 24 heavy (non-hydrogen) atoms. The minimum Gasteiger partial charge on any atom is -0.461 e. The van der Waals surface area contributed by atoms with E-state index in [4.69, 9.17) is 4.74 Å². The van der Waals surface area contributed by atoms with Crippen molar-refractivity contribution in [3.8, 4) is 0 Å². The fourth-order valence-electron chi connectivity index (χ4n) is 4.15. The molecule has 0 N–H and O–H groups in total. The van der Waals surface area contributed by atoms with Crippen molar-refractivity contribution in [3.63, 3.8) is 0 Å². The van der Waals surface area contributed by atoms with Gasteiger partial charge in [0, 0.05) is 0 Å². The van der Waals surface area contributed by atoms with Gasteiger partial charge in [-0.15, -0.1) is 10.3 Å². The summed E-state index contributed by atoms with van der Waals surface area (Å²) in [6.07, 6.45) is 0. The molecule has 0 saturated heterocycles. The lowest BCUT2D eigenvalue weighted by atomic mass is 9.06. The minimum atomic E-state index is -0.646. The van der Waals surface area contributed by atoms with Crippen molar-refractivity contribution in [2.24, 2.45) is 0 Å². The van der Waals surface area contributed by atoms with E-state index < -0.39 is 5.50 Å². The van der Waals surface area contributed by atoms with E-state index in [0.29, 0.717) is 5.56 Å². The van der Waals surface area contributed by atoms with Gasteiger partial charge in [0.15, 0.2) is 7.85 Å². The highest BCUT2D eigenvalue weighted by atomic mass is 16.6. The molecule has 1 aliphatic heterocycles. The van der Waals surface area contributed by atoms with Crippen molar-refractivity contribution in [3.05, 3.63) is 35.4 Å². The summed E-state index contributed by atoms with van der Waals surface area (Å²) in [5.41, 5.74) is 1.07. The molecule has 0 radical (unpaired) electrons. The van der Waals surface area contributed by atoms with E-state index in [-0.39, 0.29) is 26.7 Å². The van der Waals surface area contributed by atoms with Gasteiger partial charge in [0.05, 0.1) is 66.0 Å². The van der Waals surface area contributed by atoms with Crippen molar-refractivity contribution in [1.82, 2.24) is 0 Å². The Kier molecular flexibility index (Phi) is 4.44. The van der Waals surface area contributed by atoms with Crippen LogP contribution < -0.4 is 0 Å². The van der Waals surface area contributed by atoms with Gasteiger partial charge in [-0.05, 0) is 11.6 Å². The fraction of sp³-hybridized carbons (Fsp3) is 0.417. The van der Waals surface area contributed by atoms with Gasteiger partial charge in [0.1, 0.15) is 15.7 Å². The molecule has 1 aliphatic rings. The normalized spacial score (nSPS) is 21.9. The van der Waals surface area contributed by atoms with Gasteiger partial charge in [-0.2, -0.15) is 0 Å². The van der Waals surface area contributed by atoms with Crippen LogP contribution in [-0.4, -0.2) is 84.4 Å². The predicted molar refractivity (Wildman–Crippen MR) is 130 cm³/mol. The van der Waals surface area contributed by atoms with Crippen LogP contribution in [0.25, 0.3) is 0 Å². The average Bonchev–Trinajstić information content (AvgIpc) is 2.71. The Balaban J connectivity index is 2.65. The van der Waals surface area contributed by atoms with E-state index in [0.717, 1.165) is 5.56 Å². The number of cyclic esters (lactones) is 1. The largest absolute Gasteiger partial charge is 0.461 e. The Morgan fingerprint density at radius 2 is 1.33 bits per heavy atom. The third-order valence-corrected chi connectivity index (χ3v) is 8.15. The molecule has 0 bridgehead atoms. The summed E-state index contributed by atoms with van der Waals surface area (Å²) in [6.45, 7) is 0. The number of rotatable bonds is 4. The molecule has 1 aromatic rings. The van der Waals surface area contributed by atoms with E-state index in [9.17, 15) is 4.79 Å². The molecule has 0 fully saturated rings. The van der Waals surface area contributed by atoms with Crippen molar-refractivity contribution in [2.45, 2.75) is 26.3 Å². The molecule has 114 valence electrons. The zero-order chi connectivity index (χ0) is 18.8. The van der Waals surface area contributed by atoms with E-state index in [2.05, 4.69) is 78.5 Å². The van der Waals surface area contributed by atoms with E-state index >= 15 is 0 Å². The van der Waals surface area contributed by atoms with Crippen molar-refractivity contribution < 1.29 is 9.53 Å². The Labute approximate surface area is 155 Å². The molecule has 0 aromatic heterocycles. The number of hydrogen-bond acceptors (Lipinski definition) is 2. The first-order valence-corrected chi connectivity index (χ1v) is 8.94. The highest BCUT2D eigenvalue weighted by molar-refractivity contribution is 6.72. The summed E-state index contributed by atoms with van der Waals surface area (Å²) in [4.78, 5) is 12.5. The van der Waals surface area contributed by atoms with E-state index in [1.54, 1.807) is 0 Å². The van der Waals surface area contributed by atoms with Crippen LogP contribution in [0, 0.1) is 0 Å². The topological polar surface area (TPSA) is 26.3 Å². The first-order valence-electron chi connectivity index (χ1n) is 8.94. The molecular weight excluding hydrogens is 284 g/mol. The number of esters is 1. The number of ether oxygens (including phenoxy) is 1. The zero-order valence-corrected chi connectivity index (χ0v) is 17.1. The third-order valence-electron chi connectivity index (χ3n) is 8.15. The lowest BCUT2D eigenvalue weighted by Crippen LogP contribution is -2.57.